The molecular weight excluding hydrogens is 348 g/mol. The summed E-state index contributed by atoms with van der Waals surface area (Å²) in [5.41, 5.74) is 3.12. The zero-order chi connectivity index (χ0) is 20.6. The molecule has 0 spiro atoms. The van der Waals surface area contributed by atoms with Crippen LogP contribution in [0.3, 0.4) is 0 Å². The Kier molecular flexibility index (Phi) is 11.2. The lowest BCUT2D eigenvalue weighted by molar-refractivity contribution is 0.107. The standard InChI is InChI=1S/C14H14O.C7H8O2.C4H6/c1-3-7-13(8-4-1)11-15-12-14-9-5-2-6-10-14;1-5-4-6(8)2-3-7(5)9;1-3-4-2/h1-10H,11-12H2;2-4,8-9H,1H3;3-4H,1-2H2. The summed E-state index contributed by atoms with van der Waals surface area (Å²) in [7, 11) is 0. The second-order valence-electron chi connectivity index (χ2n) is 5.91. The molecule has 3 heteroatoms. The van der Waals surface area contributed by atoms with Gasteiger partial charge in [0.1, 0.15) is 11.5 Å². The third-order valence-corrected chi connectivity index (χ3v) is 3.57. The maximum Gasteiger partial charge on any atom is 0.118 e. The highest BCUT2D eigenvalue weighted by Gasteiger charge is 1.94. The second kappa shape index (κ2) is 13.8. The van der Waals surface area contributed by atoms with Gasteiger partial charge >= 0.3 is 0 Å². The van der Waals surface area contributed by atoms with Crippen LogP contribution < -0.4 is 0 Å². The Labute approximate surface area is 167 Å². The van der Waals surface area contributed by atoms with Crippen LogP contribution in [0.4, 0.5) is 0 Å². The van der Waals surface area contributed by atoms with Gasteiger partial charge in [0.15, 0.2) is 0 Å². The minimum absolute atomic E-state index is 0.185. The smallest absolute Gasteiger partial charge is 0.118 e. The van der Waals surface area contributed by atoms with Crippen LogP contribution in [0.15, 0.2) is 104 Å². The third-order valence-electron chi connectivity index (χ3n) is 3.57. The van der Waals surface area contributed by atoms with E-state index in [1.165, 1.54) is 29.3 Å². The number of aryl methyl sites for hydroxylation is 1. The van der Waals surface area contributed by atoms with E-state index in [1.54, 1.807) is 19.1 Å². The van der Waals surface area contributed by atoms with Crippen molar-refractivity contribution >= 4 is 0 Å². The Hall–Kier alpha value is -3.30. The summed E-state index contributed by atoms with van der Waals surface area (Å²) in [6.07, 6.45) is 3.28. The number of phenols is 2. The average molecular weight is 376 g/mol. The number of allylic oxidation sites excluding steroid dienone is 2. The predicted octanol–water partition coefficient (Wildman–Crippen LogP) is 6.17. The van der Waals surface area contributed by atoms with Gasteiger partial charge in [0.2, 0.25) is 0 Å². The zero-order valence-electron chi connectivity index (χ0n) is 16.3. The van der Waals surface area contributed by atoms with E-state index in [4.69, 9.17) is 14.9 Å². The maximum atomic E-state index is 8.93. The van der Waals surface area contributed by atoms with Crippen LogP contribution in [-0.2, 0) is 18.0 Å². The minimum Gasteiger partial charge on any atom is -0.508 e. The molecule has 28 heavy (non-hydrogen) atoms. The molecule has 2 N–H and O–H groups in total. The molecule has 3 aromatic rings. The molecule has 3 nitrogen and oxygen atoms in total. The van der Waals surface area contributed by atoms with Crippen LogP contribution in [0.2, 0.25) is 0 Å². The zero-order valence-corrected chi connectivity index (χ0v) is 16.3. The van der Waals surface area contributed by atoms with E-state index >= 15 is 0 Å². The Morgan fingerprint density at radius 3 is 1.57 bits per heavy atom. The largest absolute Gasteiger partial charge is 0.508 e. The second-order valence-corrected chi connectivity index (χ2v) is 5.91. The molecule has 0 aromatic heterocycles. The van der Waals surface area contributed by atoms with Crippen LogP contribution in [0, 0.1) is 6.92 Å². The first-order valence-electron chi connectivity index (χ1n) is 8.94. The fourth-order valence-corrected chi connectivity index (χ4v) is 2.07. The average Bonchev–Trinajstić information content (AvgIpc) is 2.73. The number of aromatic hydroxyl groups is 2. The Morgan fingerprint density at radius 2 is 1.21 bits per heavy atom. The molecule has 0 atom stereocenters. The van der Waals surface area contributed by atoms with E-state index in [0.717, 1.165) is 0 Å². The van der Waals surface area contributed by atoms with Gasteiger partial charge in [0.25, 0.3) is 0 Å². The van der Waals surface area contributed by atoms with Crippen molar-refractivity contribution in [1.29, 1.82) is 0 Å². The van der Waals surface area contributed by atoms with E-state index in [0.29, 0.717) is 18.8 Å². The van der Waals surface area contributed by atoms with Gasteiger partial charge in [-0.15, -0.1) is 0 Å². The normalized spacial score (nSPS) is 9.18. The number of benzene rings is 3. The van der Waals surface area contributed by atoms with Gasteiger partial charge in [0, 0.05) is 0 Å². The molecule has 0 aliphatic rings. The van der Waals surface area contributed by atoms with Crippen molar-refractivity contribution in [2.75, 3.05) is 0 Å². The molecule has 3 rings (SSSR count). The van der Waals surface area contributed by atoms with E-state index in [9.17, 15) is 0 Å². The van der Waals surface area contributed by atoms with Gasteiger partial charge in [-0.3, -0.25) is 0 Å². The van der Waals surface area contributed by atoms with E-state index in [2.05, 4.69) is 37.4 Å². The summed E-state index contributed by atoms with van der Waals surface area (Å²) in [6.45, 7) is 9.81. The molecule has 3 aromatic carbocycles. The number of rotatable bonds is 5. The van der Waals surface area contributed by atoms with Gasteiger partial charge in [-0.05, 0) is 41.8 Å². The Morgan fingerprint density at radius 1 is 0.750 bits per heavy atom. The SMILES string of the molecule is C=CC=C.Cc1cc(O)ccc1O.c1ccc(COCc2ccccc2)cc1. The van der Waals surface area contributed by atoms with Gasteiger partial charge in [0.05, 0.1) is 13.2 Å². The molecule has 0 fully saturated rings. The molecule has 0 saturated carbocycles. The highest BCUT2D eigenvalue weighted by molar-refractivity contribution is 5.37. The third kappa shape index (κ3) is 10.00. The molecule has 146 valence electrons. The lowest BCUT2D eigenvalue weighted by atomic mass is 10.2. The van der Waals surface area contributed by atoms with Gasteiger partial charge in [-0.25, -0.2) is 0 Å². The fraction of sp³-hybridized carbons (Fsp3) is 0.120. The lowest BCUT2D eigenvalue weighted by Gasteiger charge is -2.03. The minimum atomic E-state index is 0.185. The number of ether oxygens (including phenoxy) is 1. The molecule has 0 radical (unpaired) electrons. The first kappa shape index (κ1) is 22.7. The summed E-state index contributed by atoms with van der Waals surface area (Å²) in [6, 6.07) is 24.9. The summed E-state index contributed by atoms with van der Waals surface area (Å²) < 4.78 is 5.61. The molecule has 0 bridgehead atoms. The quantitative estimate of drug-likeness (QED) is 0.414. The molecule has 0 unspecified atom stereocenters. The lowest BCUT2D eigenvalue weighted by Crippen LogP contribution is -1.93. The summed E-state index contributed by atoms with van der Waals surface area (Å²) in [5, 5.41) is 17.8. The first-order valence-corrected chi connectivity index (χ1v) is 8.94. The van der Waals surface area contributed by atoms with E-state index in [-0.39, 0.29) is 11.5 Å². The Bertz CT molecular complexity index is 766. The molecule has 0 aliphatic heterocycles. The van der Waals surface area contributed by atoms with Crippen LogP contribution in [0.25, 0.3) is 0 Å². The monoisotopic (exact) mass is 376 g/mol. The van der Waals surface area contributed by atoms with Gasteiger partial charge in [-0.2, -0.15) is 0 Å². The molecule has 0 heterocycles. The van der Waals surface area contributed by atoms with E-state index < -0.39 is 0 Å². The van der Waals surface area contributed by atoms with Crippen molar-refractivity contribution in [2.24, 2.45) is 0 Å². The van der Waals surface area contributed by atoms with Crippen LogP contribution in [-0.4, -0.2) is 10.2 Å². The fourth-order valence-electron chi connectivity index (χ4n) is 2.07. The number of phenolic OH excluding ortho intramolecular Hbond substituents is 2. The van der Waals surface area contributed by atoms with Crippen molar-refractivity contribution < 1.29 is 14.9 Å². The topological polar surface area (TPSA) is 49.7 Å². The van der Waals surface area contributed by atoms with E-state index in [1.807, 2.05) is 36.4 Å². The van der Waals surface area contributed by atoms with Crippen LogP contribution in [0.1, 0.15) is 16.7 Å². The molecule has 0 amide bonds. The predicted molar refractivity (Wildman–Crippen MR) is 116 cm³/mol. The van der Waals surface area contributed by atoms with Crippen molar-refractivity contribution in [2.45, 2.75) is 20.1 Å². The van der Waals surface area contributed by atoms with Crippen LogP contribution in [0.5, 0.6) is 11.5 Å². The van der Waals surface area contributed by atoms with Gasteiger partial charge in [-0.1, -0.05) is 86.0 Å². The van der Waals surface area contributed by atoms with Crippen molar-refractivity contribution in [3.05, 3.63) is 121 Å². The van der Waals surface area contributed by atoms with Crippen molar-refractivity contribution in [1.82, 2.24) is 0 Å². The highest BCUT2D eigenvalue weighted by atomic mass is 16.5. The maximum absolute atomic E-state index is 8.93. The van der Waals surface area contributed by atoms with Crippen molar-refractivity contribution in [3.8, 4) is 11.5 Å². The molecule has 0 saturated heterocycles. The first-order chi connectivity index (χ1) is 13.6. The van der Waals surface area contributed by atoms with Crippen LogP contribution >= 0.6 is 0 Å². The number of hydrogen-bond acceptors (Lipinski definition) is 3. The summed E-state index contributed by atoms with van der Waals surface area (Å²) in [5.74, 6) is 0.401. The van der Waals surface area contributed by atoms with Gasteiger partial charge < -0.3 is 14.9 Å². The molecule has 0 aliphatic carbocycles. The van der Waals surface area contributed by atoms with Crippen molar-refractivity contribution in [3.63, 3.8) is 0 Å². The summed E-state index contributed by atoms with van der Waals surface area (Å²) >= 11 is 0. The number of hydrogen-bond donors (Lipinski definition) is 2. The Balaban J connectivity index is 0.000000256. The highest BCUT2D eigenvalue weighted by Crippen LogP contribution is 2.19. The molecular formula is C25H28O3. The summed E-state index contributed by atoms with van der Waals surface area (Å²) in [4.78, 5) is 0.